The molecule has 0 aromatic heterocycles. The van der Waals surface area contributed by atoms with Gasteiger partial charge in [-0.15, -0.1) is 0 Å². The summed E-state index contributed by atoms with van der Waals surface area (Å²) in [6, 6.07) is 9.38. The second-order valence-electron chi connectivity index (χ2n) is 5.21. The van der Waals surface area contributed by atoms with Crippen molar-refractivity contribution in [2.75, 3.05) is 38.3 Å². The van der Waals surface area contributed by atoms with Crippen LogP contribution in [0.4, 0.5) is 5.69 Å². The number of ether oxygens (including phenoxy) is 2. The molecular weight excluding hydrogens is 240 g/mol. The van der Waals surface area contributed by atoms with Gasteiger partial charge >= 0.3 is 0 Å². The van der Waals surface area contributed by atoms with E-state index in [0.717, 1.165) is 18.8 Å². The highest BCUT2D eigenvalue weighted by Gasteiger charge is 2.20. The first kappa shape index (κ1) is 14.2. The summed E-state index contributed by atoms with van der Waals surface area (Å²) in [5, 5.41) is 3.54. The van der Waals surface area contributed by atoms with Gasteiger partial charge in [-0.2, -0.15) is 0 Å². The van der Waals surface area contributed by atoms with Crippen LogP contribution in [0.2, 0.25) is 0 Å². The molecule has 0 radical (unpaired) electrons. The van der Waals surface area contributed by atoms with Gasteiger partial charge in [0.2, 0.25) is 0 Å². The van der Waals surface area contributed by atoms with E-state index in [4.69, 9.17) is 9.47 Å². The third-order valence-corrected chi connectivity index (χ3v) is 3.32. The van der Waals surface area contributed by atoms with Gasteiger partial charge in [0.05, 0.1) is 6.61 Å². The Morgan fingerprint density at radius 2 is 1.74 bits per heavy atom. The van der Waals surface area contributed by atoms with Crippen LogP contribution < -0.4 is 15.0 Å². The Hall–Kier alpha value is -1.26. The van der Waals surface area contributed by atoms with Gasteiger partial charge in [-0.25, -0.2) is 0 Å². The lowest BCUT2D eigenvalue weighted by atomic mass is 10.1. The first-order valence-corrected chi connectivity index (χ1v) is 6.92. The monoisotopic (exact) mass is 264 g/mol. The summed E-state index contributed by atoms with van der Waals surface area (Å²) in [5.41, 5.74) is 1.26. The summed E-state index contributed by atoms with van der Waals surface area (Å²) in [6.45, 7) is 7.77. The van der Waals surface area contributed by atoms with Gasteiger partial charge < -0.3 is 19.7 Å². The number of methoxy groups -OCH3 is 1. The zero-order valence-electron chi connectivity index (χ0n) is 12.1. The summed E-state index contributed by atoms with van der Waals surface area (Å²) in [6.07, 6.45) is 0. The standard InChI is InChI=1S/C15H24N2O2/c1-12-10-17(11-13(2)16-12)14-4-6-15(7-5-14)19-9-8-18-3/h4-7,12-13,16H,8-11H2,1-3H3. The van der Waals surface area contributed by atoms with E-state index in [0.29, 0.717) is 25.3 Å². The average Bonchev–Trinajstić information content (AvgIpc) is 2.39. The van der Waals surface area contributed by atoms with E-state index in [1.54, 1.807) is 7.11 Å². The molecule has 1 saturated heterocycles. The molecule has 2 unspecified atom stereocenters. The van der Waals surface area contributed by atoms with Gasteiger partial charge in [0.25, 0.3) is 0 Å². The molecule has 0 bridgehead atoms. The Kier molecular flexibility index (Phi) is 5.05. The Morgan fingerprint density at radius 1 is 1.11 bits per heavy atom. The number of anilines is 1. The van der Waals surface area contributed by atoms with Gasteiger partial charge in [0.15, 0.2) is 0 Å². The summed E-state index contributed by atoms with van der Waals surface area (Å²) < 4.78 is 10.5. The zero-order valence-corrected chi connectivity index (χ0v) is 12.1. The van der Waals surface area contributed by atoms with Gasteiger partial charge in [0.1, 0.15) is 12.4 Å². The van der Waals surface area contributed by atoms with Crippen LogP contribution in [-0.4, -0.2) is 45.5 Å². The SMILES string of the molecule is COCCOc1ccc(N2CC(C)NC(C)C2)cc1. The van der Waals surface area contributed by atoms with Crippen molar-refractivity contribution in [1.29, 1.82) is 0 Å². The first-order chi connectivity index (χ1) is 9.19. The second-order valence-corrected chi connectivity index (χ2v) is 5.21. The summed E-state index contributed by atoms with van der Waals surface area (Å²) in [4.78, 5) is 2.42. The molecule has 4 nitrogen and oxygen atoms in total. The molecule has 1 aromatic carbocycles. The van der Waals surface area contributed by atoms with E-state index < -0.39 is 0 Å². The minimum Gasteiger partial charge on any atom is -0.491 e. The second kappa shape index (κ2) is 6.78. The lowest BCUT2D eigenvalue weighted by Gasteiger charge is -2.37. The van der Waals surface area contributed by atoms with Crippen LogP contribution in [0, 0.1) is 0 Å². The van der Waals surface area contributed by atoms with Crippen molar-refractivity contribution in [3.63, 3.8) is 0 Å². The fourth-order valence-electron chi connectivity index (χ4n) is 2.53. The van der Waals surface area contributed by atoms with Crippen LogP contribution in [0.3, 0.4) is 0 Å². The molecule has 2 atom stereocenters. The third-order valence-electron chi connectivity index (χ3n) is 3.32. The van der Waals surface area contributed by atoms with Crippen molar-refractivity contribution >= 4 is 5.69 Å². The lowest BCUT2D eigenvalue weighted by molar-refractivity contribution is 0.146. The van der Waals surface area contributed by atoms with Crippen molar-refractivity contribution in [2.24, 2.45) is 0 Å². The molecule has 19 heavy (non-hydrogen) atoms. The zero-order chi connectivity index (χ0) is 13.7. The quantitative estimate of drug-likeness (QED) is 0.824. The summed E-state index contributed by atoms with van der Waals surface area (Å²) in [5.74, 6) is 0.900. The predicted octanol–water partition coefficient (Wildman–Crippen LogP) is 1.90. The summed E-state index contributed by atoms with van der Waals surface area (Å²) >= 11 is 0. The van der Waals surface area contributed by atoms with Gasteiger partial charge in [-0.05, 0) is 38.1 Å². The van der Waals surface area contributed by atoms with Crippen LogP contribution in [0.1, 0.15) is 13.8 Å². The molecule has 1 heterocycles. The van der Waals surface area contributed by atoms with Crippen molar-refractivity contribution in [3.05, 3.63) is 24.3 Å². The molecule has 2 rings (SSSR count). The van der Waals surface area contributed by atoms with Gasteiger partial charge in [-0.3, -0.25) is 0 Å². The maximum Gasteiger partial charge on any atom is 0.119 e. The third kappa shape index (κ3) is 4.11. The molecule has 1 fully saturated rings. The van der Waals surface area contributed by atoms with Crippen molar-refractivity contribution in [1.82, 2.24) is 5.32 Å². The number of benzene rings is 1. The van der Waals surface area contributed by atoms with E-state index in [1.165, 1.54) is 5.69 Å². The number of nitrogens with zero attached hydrogens (tertiary/aromatic N) is 1. The molecule has 1 N–H and O–H groups in total. The van der Waals surface area contributed by atoms with Gasteiger partial charge in [-0.1, -0.05) is 0 Å². The highest BCUT2D eigenvalue weighted by Crippen LogP contribution is 2.21. The average molecular weight is 264 g/mol. The molecule has 106 valence electrons. The number of hydrogen-bond donors (Lipinski definition) is 1. The first-order valence-electron chi connectivity index (χ1n) is 6.92. The van der Waals surface area contributed by atoms with Crippen LogP contribution in [0.25, 0.3) is 0 Å². The normalized spacial score (nSPS) is 23.4. The molecule has 1 aromatic rings. The van der Waals surface area contributed by atoms with E-state index >= 15 is 0 Å². The molecule has 1 aliphatic heterocycles. The molecule has 0 spiro atoms. The van der Waals surface area contributed by atoms with Crippen LogP contribution in [0.5, 0.6) is 5.75 Å². The molecule has 1 aliphatic rings. The van der Waals surface area contributed by atoms with Crippen LogP contribution in [0.15, 0.2) is 24.3 Å². The fourth-order valence-corrected chi connectivity index (χ4v) is 2.53. The van der Waals surface area contributed by atoms with Crippen molar-refractivity contribution < 1.29 is 9.47 Å². The smallest absolute Gasteiger partial charge is 0.119 e. The minimum atomic E-state index is 0.529. The molecule has 0 amide bonds. The highest BCUT2D eigenvalue weighted by molar-refractivity contribution is 5.49. The number of nitrogens with one attached hydrogen (secondary N) is 1. The largest absolute Gasteiger partial charge is 0.491 e. The van der Waals surface area contributed by atoms with E-state index in [2.05, 4.69) is 36.2 Å². The van der Waals surface area contributed by atoms with E-state index in [1.807, 2.05) is 12.1 Å². The van der Waals surface area contributed by atoms with Gasteiger partial charge in [0, 0.05) is 38.0 Å². The van der Waals surface area contributed by atoms with Crippen molar-refractivity contribution in [3.8, 4) is 5.75 Å². The Bertz CT molecular complexity index is 370. The maximum atomic E-state index is 5.58. The number of rotatable bonds is 5. The molecular formula is C15H24N2O2. The molecule has 0 aliphatic carbocycles. The number of piperazine rings is 1. The topological polar surface area (TPSA) is 33.7 Å². The van der Waals surface area contributed by atoms with Crippen molar-refractivity contribution in [2.45, 2.75) is 25.9 Å². The Balaban J connectivity index is 1.93. The Labute approximate surface area is 115 Å². The number of hydrogen-bond acceptors (Lipinski definition) is 4. The van der Waals surface area contributed by atoms with E-state index in [-0.39, 0.29) is 0 Å². The maximum absolute atomic E-state index is 5.58. The Morgan fingerprint density at radius 3 is 2.32 bits per heavy atom. The molecule has 4 heteroatoms. The van der Waals surface area contributed by atoms with Crippen LogP contribution >= 0.6 is 0 Å². The van der Waals surface area contributed by atoms with Crippen LogP contribution in [-0.2, 0) is 4.74 Å². The highest BCUT2D eigenvalue weighted by atomic mass is 16.5. The summed E-state index contributed by atoms with van der Waals surface area (Å²) in [7, 11) is 1.68. The molecule has 0 saturated carbocycles. The van der Waals surface area contributed by atoms with E-state index in [9.17, 15) is 0 Å². The minimum absolute atomic E-state index is 0.529. The predicted molar refractivity (Wildman–Crippen MR) is 78.1 cm³/mol. The lowest BCUT2D eigenvalue weighted by Crippen LogP contribution is -2.54. The fraction of sp³-hybridized carbons (Fsp3) is 0.600.